The second kappa shape index (κ2) is 8.46. The molecule has 1 N–H and O–H groups in total. The summed E-state index contributed by atoms with van der Waals surface area (Å²) in [5.74, 6) is 0.815. The smallest absolute Gasteiger partial charge is 0.00683 e. The minimum atomic E-state index is 0.815. The van der Waals surface area contributed by atoms with Crippen molar-refractivity contribution in [3.63, 3.8) is 0 Å². The first-order chi connectivity index (χ1) is 9.78. The minimum Gasteiger partial charge on any atom is -0.314 e. The topological polar surface area (TPSA) is 12.0 Å². The van der Waals surface area contributed by atoms with Crippen molar-refractivity contribution < 1.29 is 0 Å². The molecule has 1 aromatic rings. The lowest BCUT2D eigenvalue weighted by molar-refractivity contribution is 0.420. The van der Waals surface area contributed by atoms with E-state index in [4.69, 9.17) is 0 Å². The van der Waals surface area contributed by atoms with Gasteiger partial charge in [0.25, 0.3) is 0 Å². The SMILES string of the molecule is CCCCCCC(CNC1CC1)Cc1ccc(C)cc1. The zero-order valence-corrected chi connectivity index (χ0v) is 13.3. The van der Waals surface area contributed by atoms with Crippen LogP contribution in [0.4, 0.5) is 0 Å². The number of hydrogen-bond donors (Lipinski definition) is 1. The molecule has 1 fully saturated rings. The molecule has 0 radical (unpaired) electrons. The monoisotopic (exact) mass is 273 g/mol. The average molecular weight is 273 g/mol. The number of hydrogen-bond acceptors (Lipinski definition) is 1. The fraction of sp³-hybridized carbons (Fsp3) is 0.684. The van der Waals surface area contributed by atoms with Crippen LogP contribution in [0.1, 0.15) is 63.0 Å². The Bertz CT molecular complexity index is 364. The molecule has 1 nitrogen and oxygen atoms in total. The van der Waals surface area contributed by atoms with E-state index in [1.165, 1.54) is 69.0 Å². The average Bonchev–Trinajstić information content (AvgIpc) is 3.27. The van der Waals surface area contributed by atoms with Gasteiger partial charge < -0.3 is 5.32 Å². The second-order valence-electron chi connectivity index (χ2n) is 6.59. The van der Waals surface area contributed by atoms with Gasteiger partial charge in [-0.15, -0.1) is 0 Å². The van der Waals surface area contributed by atoms with Crippen molar-refractivity contribution in [2.24, 2.45) is 5.92 Å². The summed E-state index contributed by atoms with van der Waals surface area (Å²) < 4.78 is 0. The third kappa shape index (κ3) is 6.09. The van der Waals surface area contributed by atoms with Crippen LogP contribution in [0.3, 0.4) is 0 Å². The van der Waals surface area contributed by atoms with E-state index in [-0.39, 0.29) is 0 Å². The summed E-state index contributed by atoms with van der Waals surface area (Å²) in [6.07, 6.45) is 11.0. The summed E-state index contributed by atoms with van der Waals surface area (Å²) in [4.78, 5) is 0. The highest BCUT2D eigenvalue weighted by Crippen LogP contribution is 2.21. The summed E-state index contributed by atoms with van der Waals surface area (Å²) in [5.41, 5.74) is 2.87. The Balaban J connectivity index is 1.78. The van der Waals surface area contributed by atoms with Gasteiger partial charge in [0.1, 0.15) is 0 Å². The van der Waals surface area contributed by atoms with Gasteiger partial charge in [-0.3, -0.25) is 0 Å². The Morgan fingerprint density at radius 2 is 1.85 bits per heavy atom. The molecule has 1 aliphatic carbocycles. The van der Waals surface area contributed by atoms with E-state index in [1.54, 1.807) is 0 Å². The molecule has 0 bridgehead atoms. The summed E-state index contributed by atoms with van der Waals surface area (Å²) in [7, 11) is 0. The Hall–Kier alpha value is -0.820. The third-order valence-electron chi connectivity index (χ3n) is 4.38. The van der Waals surface area contributed by atoms with Crippen LogP contribution in [0.5, 0.6) is 0 Å². The molecule has 0 heterocycles. The van der Waals surface area contributed by atoms with Crippen LogP contribution in [0.25, 0.3) is 0 Å². The molecule has 112 valence electrons. The van der Waals surface area contributed by atoms with Crippen LogP contribution < -0.4 is 5.32 Å². The van der Waals surface area contributed by atoms with Gasteiger partial charge in [0.15, 0.2) is 0 Å². The predicted molar refractivity (Wildman–Crippen MR) is 88.2 cm³/mol. The van der Waals surface area contributed by atoms with Crippen molar-refractivity contribution >= 4 is 0 Å². The van der Waals surface area contributed by atoms with Gasteiger partial charge in [0.2, 0.25) is 0 Å². The largest absolute Gasteiger partial charge is 0.314 e. The normalized spacial score (nSPS) is 16.3. The molecule has 20 heavy (non-hydrogen) atoms. The molecule has 0 saturated heterocycles. The number of rotatable bonds is 10. The van der Waals surface area contributed by atoms with E-state index in [1.807, 2.05) is 0 Å². The molecular formula is C19H31N. The first-order valence-electron chi connectivity index (χ1n) is 8.57. The first kappa shape index (κ1) is 15.6. The van der Waals surface area contributed by atoms with Gasteiger partial charge in [0, 0.05) is 6.04 Å². The first-order valence-corrected chi connectivity index (χ1v) is 8.57. The van der Waals surface area contributed by atoms with E-state index in [2.05, 4.69) is 43.4 Å². The van der Waals surface area contributed by atoms with E-state index < -0.39 is 0 Å². The van der Waals surface area contributed by atoms with Crippen LogP contribution in [-0.2, 0) is 6.42 Å². The minimum absolute atomic E-state index is 0.815. The lowest BCUT2D eigenvalue weighted by atomic mass is 9.93. The number of benzene rings is 1. The molecule has 0 aliphatic heterocycles. The van der Waals surface area contributed by atoms with Crippen molar-refractivity contribution in [3.8, 4) is 0 Å². The molecule has 2 rings (SSSR count). The fourth-order valence-corrected chi connectivity index (χ4v) is 2.81. The second-order valence-corrected chi connectivity index (χ2v) is 6.59. The Morgan fingerprint density at radius 1 is 1.10 bits per heavy atom. The summed E-state index contributed by atoms with van der Waals surface area (Å²) in [6, 6.07) is 9.96. The fourth-order valence-electron chi connectivity index (χ4n) is 2.81. The standard InChI is InChI=1S/C19H31N/c1-3-4-5-6-7-18(15-20-19-12-13-19)14-17-10-8-16(2)9-11-17/h8-11,18-20H,3-7,12-15H2,1-2H3. The molecule has 0 aromatic heterocycles. The zero-order valence-electron chi connectivity index (χ0n) is 13.3. The summed E-state index contributed by atoms with van der Waals surface area (Å²) in [6.45, 7) is 5.67. The molecule has 1 saturated carbocycles. The molecule has 1 unspecified atom stereocenters. The van der Waals surface area contributed by atoms with E-state index in [9.17, 15) is 0 Å². The van der Waals surface area contributed by atoms with Crippen molar-refractivity contribution in [2.45, 2.75) is 71.3 Å². The number of nitrogens with one attached hydrogen (secondary N) is 1. The molecule has 0 amide bonds. The maximum atomic E-state index is 3.73. The van der Waals surface area contributed by atoms with E-state index in [0.29, 0.717) is 0 Å². The van der Waals surface area contributed by atoms with E-state index >= 15 is 0 Å². The van der Waals surface area contributed by atoms with E-state index in [0.717, 1.165) is 12.0 Å². The van der Waals surface area contributed by atoms with Crippen molar-refractivity contribution in [1.29, 1.82) is 0 Å². The molecule has 1 heteroatoms. The molecular weight excluding hydrogens is 242 g/mol. The van der Waals surface area contributed by atoms with Crippen molar-refractivity contribution in [2.75, 3.05) is 6.54 Å². The van der Waals surface area contributed by atoms with Gasteiger partial charge in [-0.25, -0.2) is 0 Å². The molecule has 0 spiro atoms. The van der Waals surface area contributed by atoms with Crippen LogP contribution in [0.15, 0.2) is 24.3 Å². The highest BCUT2D eigenvalue weighted by molar-refractivity contribution is 5.21. The zero-order chi connectivity index (χ0) is 14.2. The highest BCUT2D eigenvalue weighted by Gasteiger charge is 2.21. The van der Waals surface area contributed by atoms with Gasteiger partial charge in [-0.1, -0.05) is 62.4 Å². The third-order valence-corrected chi connectivity index (χ3v) is 4.38. The summed E-state index contributed by atoms with van der Waals surface area (Å²) in [5, 5.41) is 3.73. The maximum absolute atomic E-state index is 3.73. The molecule has 1 aliphatic rings. The van der Waals surface area contributed by atoms with Crippen molar-refractivity contribution in [1.82, 2.24) is 5.32 Å². The Morgan fingerprint density at radius 3 is 2.50 bits per heavy atom. The van der Waals surface area contributed by atoms with Crippen LogP contribution in [0.2, 0.25) is 0 Å². The maximum Gasteiger partial charge on any atom is 0.00683 e. The van der Waals surface area contributed by atoms with Gasteiger partial charge in [-0.05, 0) is 50.6 Å². The van der Waals surface area contributed by atoms with Gasteiger partial charge in [-0.2, -0.15) is 0 Å². The van der Waals surface area contributed by atoms with Gasteiger partial charge in [0.05, 0.1) is 0 Å². The van der Waals surface area contributed by atoms with Crippen molar-refractivity contribution in [3.05, 3.63) is 35.4 Å². The Labute approximate surface area is 125 Å². The van der Waals surface area contributed by atoms with Crippen LogP contribution >= 0.6 is 0 Å². The summed E-state index contributed by atoms with van der Waals surface area (Å²) >= 11 is 0. The lowest BCUT2D eigenvalue weighted by Crippen LogP contribution is -2.26. The number of unbranched alkanes of at least 4 members (excludes halogenated alkanes) is 3. The predicted octanol–water partition coefficient (Wildman–Crippen LogP) is 4.88. The molecule has 1 aromatic carbocycles. The van der Waals surface area contributed by atoms with Gasteiger partial charge >= 0.3 is 0 Å². The van der Waals surface area contributed by atoms with Crippen LogP contribution in [-0.4, -0.2) is 12.6 Å². The van der Waals surface area contributed by atoms with Crippen LogP contribution in [0, 0.1) is 12.8 Å². The highest BCUT2D eigenvalue weighted by atomic mass is 14.9. The lowest BCUT2D eigenvalue weighted by Gasteiger charge is -2.18. The quantitative estimate of drug-likeness (QED) is 0.599. The Kier molecular flexibility index (Phi) is 6.59. The number of aryl methyl sites for hydroxylation is 1. The molecule has 1 atom stereocenters.